The number of rotatable bonds is 4. The zero-order chi connectivity index (χ0) is 55.1. The quantitative estimate of drug-likeness (QED) is 0.0864. The van der Waals surface area contributed by atoms with Crippen molar-refractivity contribution in [2.45, 2.75) is 128 Å². The lowest BCUT2D eigenvalue weighted by Gasteiger charge is -2.30. The van der Waals surface area contributed by atoms with Gasteiger partial charge in [-0.3, -0.25) is 0 Å². The number of benzene rings is 8. The average Bonchev–Trinajstić information content (AvgIpc) is 3.33. The van der Waals surface area contributed by atoms with Gasteiger partial charge in [0.1, 0.15) is 46.0 Å². The number of aromatic hydroxyl groups is 8. The molecule has 0 radical (unpaired) electrons. The topological polar surface area (TPSA) is 162 Å². The van der Waals surface area contributed by atoms with E-state index in [1.54, 1.807) is 24.3 Å². The summed E-state index contributed by atoms with van der Waals surface area (Å²) in [6.07, 6.45) is 0. The molecule has 392 valence electrons. The van der Waals surface area contributed by atoms with Crippen molar-refractivity contribution in [3.8, 4) is 46.0 Å². The highest BCUT2D eigenvalue weighted by molar-refractivity contribution is 5.67. The van der Waals surface area contributed by atoms with Gasteiger partial charge in [-0.05, 0) is 90.4 Å². The first-order valence-electron chi connectivity index (χ1n) is 26.2. The second-order valence-corrected chi connectivity index (χ2v) is 25.1. The van der Waals surface area contributed by atoms with Gasteiger partial charge in [0.2, 0.25) is 0 Å². The van der Waals surface area contributed by atoms with E-state index >= 15 is 0 Å². The Morgan fingerprint density at radius 1 is 0.211 bits per heavy atom. The van der Waals surface area contributed by atoms with E-state index in [0.29, 0.717) is 66.8 Å². The standard InChI is InChI=1S/C68H72O8/c1-65(2,3)41-21-13-37(14-22-41)61-45-29-47(55(71)33-53(45)69)62(38-15-23-42(24-16-38)66(4,5)6)49-31-51(59(75)35-57(49)73)64(40-19-27-44(28-20-40)68(10,11)12)52-32-50(58(74)36-60(52)76)63(48-30-46(61)54(70)34-56(48)72)39-17-25-43(26-18-39)67(7,8)9/h13-36,61-64,69-76H,1-12H3. The van der Waals surface area contributed by atoms with E-state index in [1.807, 2.05) is 97.1 Å². The van der Waals surface area contributed by atoms with Crippen LogP contribution in [-0.2, 0) is 21.7 Å². The van der Waals surface area contributed by atoms with Gasteiger partial charge in [0.15, 0.2) is 0 Å². The Balaban J connectivity index is 1.46. The molecular weight excluding hydrogens is 945 g/mol. The molecule has 0 atom stereocenters. The lowest BCUT2D eigenvalue weighted by Crippen LogP contribution is -2.15. The molecule has 0 amide bonds. The van der Waals surface area contributed by atoms with E-state index in [2.05, 4.69) is 83.1 Å². The smallest absolute Gasteiger partial charge is 0.123 e. The summed E-state index contributed by atoms with van der Waals surface area (Å²) in [5, 5.41) is 98.5. The fourth-order valence-electron chi connectivity index (χ4n) is 11.1. The summed E-state index contributed by atoms with van der Waals surface area (Å²) in [6, 6.07) is 43.8. The van der Waals surface area contributed by atoms with Crippen molar-refractivity contribution in [3.05, 3.63) is 235 Å². The first kappa shape index (κ1) is 53.0. The molecule has 8 nitrogen and oxygen atoms in total. The lowest BCUT2D eigenvalue weighted by atomic mass is 9.74. The van der Waals surface area contributed by atoms with E-state index in [0.717, 1.165) is 22.3 Å². The van der Waals surface area contributed by atoms with Crippen molar-refractivity contribution in [2.75, 3.05) is 0 Å². The van der Waals surface area contributed by atoms with Crippen LogP contribution >= 0.6 is 0 Å². The molecule has 0 fully saturated rings. The fourth-order valence-corrected chi connectivity index (χ4v) is 11.1. The van der Waals surface area contributed by atoms with Crippen LogP contribution in [0, 0.1) is 0 Å². The second kappa shape index (κ2) is 19.1. The first-order valence-corrected chi connectivity index (χ1v) is 26.2. The van der Waals surface area contributed by atoms with Crippen molar-refractivity contribution >= 4 is 0 Å². The average molecular weight is 1020 g/mol. The van der Waals surface area contributed by atoms with Crippen LogP contribution in [0.15, 0.2) is 146 Å². The van der Waals surface area contributed by atoms with Crippen molar-refractivity contribution in [2.24, 2.45) is 0 Å². The summed E-state index contributed by atoms with van der Waals surface area (Å²) in [7, 11) is 0. The molecule has 0 aliphatic heterocycles. The van der Waals surface area contributed by atoms with E-state index in [1.165, 1.54) is 24.3 Å². The Hall–Kier alpha value is -7.84. The molecule has 1 aliphatic carbocycles. The maximum absolute atomic E-state index is 12.3. The predicted octanol–water partition coefficient (Wildman–Crippen LogP) is 15.6. The summed E-state index contributed by atoms with van der Waals surface area (Å²) in [5.74, 6) is -5.94. The van der Waals surface area contributed by atoms with Gasteiger partial charge < -0.3 is 40.9 Å². The van der Waals surface area contributed by atoms with Gasteiger partial charge in [0.05, 0.1) is 0 Å². The maximum atomic E-state index is 12.3. The molecule has 8 bridgehead atoms. The minimum Gasteiger partial charge on any atom is -0.507 e. The number of phenols is 8. The molecule has 8 heteroatoms. The molecule has 8 N–H and O–H groups in total. The zero-order valence-electron chi connectivity index (χ0n) is 45.7. The van der Waals surface area contributed by atoms with Crippen molar-refractivity contribution in [1.29, 1.82) is 0 Å². The molecule has 0 unspecified atom stereocenters. The van der Waals surface area contributed by atoms with Crippen LogP contribution in [0.4, 0.5) is 0 Å². The molecule has 9 rings (SSSR count). The van der Waals surface area contributed by atoms with Crippen LogP contribution in [-0.4, -0.2) is 40.9 Å². The lowest BCUT2D eigenvalue weighted by molar-refractivity contribution is 0.431. The van der Waals surface area contributed by atoms with E-state index in [9.17, 15) is 40.9 Å². The van der Waals surface area contributed by atoms with Crippen LogP contribution in [0.3, 0.4) is 0 Å². The highest BCUT2D eigenvalue weighted by Gasteiger charge is 2.36. The minimum absolute atomic E-state index is 0.211. The van der Waals surface area contributed by atoms with Crippen LogP contribution in [0.2, 0.25) is 0 Å². The Kier molecular flexibility index (Phi) is 13.3. The van der Waals surface area contributed by atoms with Gasteiger partial charge in [0, 0.05) is 92.4 Å². The molecule has 0 spiro atoms. The molecule has 8 aromatic carbocycles. The van der Waals surface area contributed by atoms with Gasteiger partial charge in [-0.15, -0.1) is 0 Å². The second-order valence-electron chi connectivity index (χ2n) is 25.1. The van der Waals surface area contributed by atoms with Crippen LogP contribution < -0.4 is 0 Å². The minimum atomic E-state index is -0.943. The zero-order valence-corrected chi connectivity index (χ0v) is 45.7. The van der Waals surface area contributed by atoms with Crippen molar-refractivity contribution < 1.29 is 40.9 Å². The summed E-state index contributed by atoms with van der Waals surface area (Å²) >= 11 is 0. The molecule has 0 aromatic heterocycles. The van der Waals surface area contributed by atoms with Crippen LogP contribution in [0.5, 0.6) is 46.0 Å². The molecule has 8 aromatic rings. The molecule has 0 saturated carbocycles. The van der Waals surface area contributed by atoms with Crippen molar-refractivity contribution in [3.63, 3.8) is 0 Å². The normalized spacial score (nSPS) is 17.1. The van der Waals surface area contributed by atoms with E-state index < -0.39 is 23.7 Å². The number of hydrogen-bond donors (Lipinski definition) is 8. The van der Waals surface area contributed by atoms with Crippen LogP contribution in [0.25, 0.3) is 0 Å². The molecule has 1 aliphatic rings. The summed E-state index contributed by atoms with van der Waals surface area (Å²) in [4.78, 5) is 0. The molecule has 0 heterocycles. The number of phenolic OH excluding ortho intramolecular Hbond substituents is 8. The highest BCUT2D eigenvalue weighted by atomic mass is 16.3. The Bertz CT molecular complexity index is 2900. The van der Waals surface area contributed by atoms with E-state index in [-0.39, 0.29) is 67.7 Å². The van der Waals surface area contributed by atoms with Gasteiger partial charge in [-0.2, -0.15) is 0 Å². The third kappa shape index (κ3) is 9.93. The van der Waals surface area contributed by atoms with Crippen LogP contribution in [0.1, 0.15) is 196 Å². The first-order chi connectivity index (χ1) is 35.5. The monoisotopic (exact) mass is 1020 g/mol. The summed E-state index contributed by atoms with van der Waals surface area (Å²) in [6.45, 7) is 25.4. The molecule has 76 heavy (non-hydrogen) atoms. The fraction of sp³-hybridized carbons (Fsp3) is 0.294. The molecule has 0 saturated heterocycles. The summed E-state index contributed by atoms with van der Waals surface area (Å²) in [5.41, 5.74) is 8.52. The highest BCUT2D eigenvalue weighted by Crippen LogP contribution is 2.54. The van der Waals surface area contributed by atoms with Gasteiger partial charge >= 0.3 is 0 Å². The Labute approximate surface area is 447 Å². The van der Waals surface area contributed by atoms with Crippen molar-refractivity contribution in [1.82, 2.24) is 0 Å². The number of hydrogen-bond acceptors (Lipinski definition) is 8. The van der Waals surface area contributed by atoms with Gasteiger partial charge in [-0.25, -0.2) is 0 Å². The third-order valence-electron chi connectivity index (χ3n) is 15.6. The number of fused-ring (bicyclic) bond motifs is 8. The largest absolute Gasteiger partial charge is 0.507 e. The molecular formula is C68H72O8. The van der Waals surface area contributed by atoms with Gasteiger partial charge in [0.25, 0.3) is 0 Å². The predicted molar refractivity (Wildman–Crippen MR) is 303 cm³/mol. The Morgan fingerprint density at radius 3 is 0.461 bits per heavy atom. The van der Waals surface area contributed by atoms with E-state index in [4.69, 9.17) is 0 Å². The summed E-state index contributed by atoms with van der Waals surface area (Å²) < 4.78 is 0. The van der Waals surface area contributed by atoms with Gasteiger partial charge in [-0.1, -0.05) is 180 Å². The third-order valence-corrected chi connectivity index (χ3v) is 15.6. The maximum Gasteiger partial charge on any atom is 0.123 e. The Morgan fingerprint density at radius 2 is 0.342 bits per heavy atom. The SMILES string of the molecule is CC(C)(C)c1ccc(C2c3cc(c(O)cc3O)C(c3ccc(C(C)(C)C)cc3)c3cc(c(O)cc3O)C(c3ccc(C(C)(C)C)cc3)c3cc(c(O)cc3O)C(c3ccc(C(C)(C)C)cc3)c3cc2c(O)cc3O)cc1.